The summed E-state index contributed by atoms with van der Waals surface area (Å²) in [6.45, 7) is 9.88. The summed E-state index contributed by atoms with van der Waals surface area (Å²) in [6.07, 6.45) is 1.78. The molecular formula is C38H41N5O4. The molecule has 0 unspecified atom stereocenters. The third-order valence-corrected chi connectivity index (χ3v) is 8.53. The first-order valence-electron chi connectivity index (χ1n) is 16.0. The lowest BCUT2D eigenvalue weighted by molar-refractivity contribution is 0.0619. The van der Waals surface area contributed by atoms with Crippen molar-refractivity contribution in [3.8, 4) is 17.4 Å². The van der Waals surface area contributed by atoms with Crippen molar-refractivity contribution in [2.45, 2.75) is 33.4 Å². The molecule has 5 aromatic rings. The third-order valence-electron chi connectivity index (χ3n) is 8.53. The Hall–Kier alpha value is -5.15. The zero-order valence-corrected chi connectivity index (χ0v) is 27.6. The summed E-state index contributed by atoms with van der Waals surface area (Å²) in [5.74, 6) is 1.82. The Labute approximate surface area is 275 Å². The minimum atomic E-state index is -0.111. The molecule has 1 saturated heterocycles. The third kappa shape index (κ3) is 7.31. The van der Waals surface area contributed by atoms with E-state index in [4.69, 9.17) is 9.47 Å². The van der Waals surface area contributed by atoms with Gasteiger partial charge >= 0.3 is 0 Å². The average Bonchev–Trinajstić information content (AvgIpc) is 3.41. The van der Waals surface area contributed by atoms with Gasteiger partial charge in [0.25, 0.3) is 11.8 Å². The monoisotopic (exact) mass is 631 g/mol. The Balaban J connectivity index is 1.06. The number of benzene rings is 3. The standard InChI is InChI=1S/C38H41N5O4/c1-26(2)46-32-14-8-28(9-15-32)25-42-18-20-43(21-19-42)38(45)35-22-30-12-16-33(23-34(30)41(35)5)47-36-17-13-31(24-39-36)40(4)37(44)29-10-6-27(3)7-11-29/h6-17,22-24,26H,18-21,25H2,1-5H3. The van der Waals surface area contributed by atoms with E-state index in [1.54, 1.807) is 24.2 Å². The number of carbonyl (C=O) groups is 2. The van der Waals surface area contributed by atoms with E-state index < -0.39 is 0 Å². The van der Waals surface area contributed by atoms with Gasteiger partial charge in [-0.2, -0.15) is 0 Å². The Morgan fingerprint density at radius 1 is 0.872 bits per heavy atom. The first kappa shape index (κ1) is 31.8. The second-order valence-electron chi connectivity index (χ2n) is 12.4. The van der Waals surface area contributed by atoms with Crippen molar-refractivity contribution < 1.29 is 19.1 Å². The van der Waals surface area contributed by atoms with E-state index in [0.29, 0.717) is 41.7 Å². The van der Waals surface area contributed by atoms with Gasteiger partial charge in [-0.05, 0) is 74.9 Å². The van der Waals surface area contributed by atoms with Crippen molar-refractivity contribution in [3.63, 3.8) is 0 Å². The molecule has 1 fully saturated rings. The first-order chi connectivity index (χ1) is 22.6. The summed E-state index contributed by atoms with van der Waals surface area (Å²) in [7, 11) is 3.64. The number of carbonyl (C=O) groups excluding carboxylic acids is 2. The number of ether oxygens (including phenoxy) is 2. The predicted octanol–water partition coefficient (Wildman–Crippen LogP) is 6.70. The van der Waals surface area contributed by atoms with Crippen molar-refractivity contribution in [1.82, 2.24) is 19.4 Å². The number of hydrogen-bond donors (Lipinski definition) is 0. The van der Waals surface area contributed by atoms with E-state index in [1.807, 2.05) is 104 Å². The summed E-state index contributed by atoms with van der Waals surface area (Å²) in [5, 5.41) is 0.964. The maximum Gasteiger partial charge on any atom is 0.270 e. The number of aromatic nitrogens is 2. The summed E-state index contributed by atoms with van der Waals surface area (Å²) < 4.78 is 13.8. The SMILES string of the molecule is Cc1ccc(C(=O)N(C)c2ccc(Oc3ccc4cc(C(=O)N5CCN(Cc6ccc(OC(C)C)cc6)CC5)n(C)c4c3)nc2)cc1. The van der Waals surface area contributed by atoms with E-state index >= 15 is 0 Å². The van der Waals surface area contributed by atoms with Crippen LogP contribution in [0.4, 0.5) is 5.69 Å². The molecule has 6 rings (SSSR count). The first-order valence-corrected chi connectivity index (χ1v) is 16.0. The quantitative estimate of drug-likeness (QED) is 0.180. The minimum absolute atomic E-state index is 0.0302. The molecule has 242 valence electrons. The Morgan fingerprint density at radius 2 is 1.57 bits per heavy atom. The molecule has 2 aromatic heterocycles. The lowest BCUT2D eigenvalue weighted by Gasteiger charge is -2.34. The van der Waals surface area contributed by atoms with Crippen LogP contribution in [0.1, 0.15) is 45.8 Å². The van der Waals surface area contributed by atoms with E-state index in [1.165, 1.54) is 5.56 Å². The molecule has 47 heavy (non-hydrogen) atoms. The molecule has 0 saturated carbocycles. The number of hydrogen-bond acceptors (Lipinski definition) is 6. The number of piperazine rings is 1. The van der Waals surface area contributed by atoms with Gasteiger partial charge in [-0.1, -0.05) is 29.8 Å². The molecule has 2 amide bonds. The highest BCUT2D eigenvalue weighted by Crippen LogP contribution is 2.28. The average molecular weight is 632 g/mol. The van der Waals surface area contributed by atoms with Gasteiger partial charge in [0.1, 0.15) is 17.2 Å². The van der Waals surface area contributed by atoms with Crippen molar-refractivity contribution in [3.05, 3.63) is 114 Å². The van der Waals surface area contributed by atoms with Crippen LogP contribution in [0.5, 0.6) is 17.4 Å². The van der Waals surface area contributed by atoms with Gasteiger partial charge in [0.05, 0.1) is 23.5 Å². The van der Waals surface area contributed by atoms with E-state index in [0.717, 1.165) is 41.9 Å². The van der Waals surface area contributed by atoms with Gasteiger partial charge in [0.2, 0.25) is 5.88 Å². The zero-order chi connectivity index (χ0) is 33.1. The zero-order valence-electron chi connectivity index (χ0n) is 27.6. The minimum Gasteiger partial charge on any atom is -0.491 e. The maximum absolute atomic E-state index is 13.6. The molecule has 1 aliphatic heterocycles. The molecule has 0 spiro atoms. The number of amides is 2. The van der Waals surface area contributed by atoms with Crippen LogP contribution in [0.25, 0.3) is 10.9 Å². The summed E-state index contributed by atoms with van der Waals surface area (Å²) in [4.78, 5) is 36.8. The predicted molar refractivity (Wildman–Crippen MR) is 185 cm³/mol. The molecule has 3 aromatic carbocycles. The fourth-order valence-corrected chi connectivity index (χ4v) is 5.81. The van der Waals surface area contributed by atoms with Crippen LogP contribution in [-0.2, 0) is 13.6 Å². The van der Waals surface area contributed by atoms with Gasteiger partial charge in [0, 0.05) is 69.9 Å². The number of fused-ring (bicyclic) bond motifs is 1. The molecule has 3 heterocycles. The van der Waals surface area contributed by atoms with Crippen LogP contribution in [-0.4, -0.2) is 70.5 Å². The number of nitrogens with zero attached hydrogens (tertiary/aromatic N) is 5. The van der Waals surface area contributed by atoms with Gasteiger partial charge in [-0.25, -0.2) is 4.98 Å². The van der Waals surface area contributed by atoms with E-state index in [2.05, 4.69) is 22.0 Å². The van der Waals surface area contributed by atoms with Crippen LogP contribution in [0.15, 0.2) is 91.1 Å². The molecular weight excluding hydrogens is 590 g/mol. The van der Waals surface area contributed by atoms with Crippen LogP contribution in [0.3, 0.4) is 0 Å². The fourth-order valence-electron chi connectivity index (χ4n) is 5.81. The number of pyridine rings is 1. The second-order valence-corrected chi connectivity index (χ2v) is 12.4. The van der Waals surface area contributed by atoms with Crippen molar-refractivity contribution in [1.29, 1.82) is 0 Å². The van der Waals surface area contributed by atoms with Crippen molar-refractivity contribution in [2.24, 2.45) is 7.05 Å². The molecule has 9 heteroatoms. The van der Waals surface area contributed by atoms with E-state index in [-0.39, 0.29) is 17.9 Å². The normalized spacial score (nSPS) is 13.6. The molecule has 0 bridgehead atoms. The topological polar surface area (TPSA) is 80.1 Å². The van der Waals surface area contributed by atoms with Gasteiger partial charge in [-0.3, -0.25) is 14.5 Å². The fraction of sp³-hybridized carbons (Fsp3) is 0.289. The van der Waals surface area contributed by atoms with Crippen molar-refractivity contribution in [2.75, 3.05) is 38.1 Å². The molecule has 0 aliphatic carbocycles. The van der Waals surface area contributed by atoms with Crippen LogP contribution >= 0.6 is 0 Å². The van der Waals surface area contributed by atoms with Crippen molar-refractivity contribution >= 4 is 28.4 Å². The van der Waals surface area contributed by atoms with Gasteiger partial charge < -0.3 is 23.8 Å². The van der Waals surface area contributed by atoms with E-state index in [9.17, 15) is 9.59 Å². The molecule has 0 radical (unpaired) electrons. The summed E-state index contributed by atoms with van der Waals surface area (Å²) in [5.41, 5.74) is 5.16. The number of rotatable bonds is 9. The number of anilines is 1. The van der Waals surface area contributed by atoms with Crippen LogP contribution < -0.4 is 14.4 Å². The Kier molecular flexibility index (Phi) is 9.26. The molecule has 9 nitrogen and oxygen atoms in total. The van der Waals surface area contributed by atoms with Gasteiger partial charge in [0.15, 0.2) is 0 Å². The number of aryl methyl sites for hydroxylation is 2. The highest BCUT2D eigenvalue weighted by atomic mass is 16.5. The second kappa shape index (κ2) is 13.7. The lowest BCUT2D eigenvalue weighted by Crippen LogP contribution is -2.48. The highest BCUT2D eigenvalue weighted by molar-refractivity contribution is 6.05. The maximum atomic E-state index is 13.6. The molecule has 1 aliphatic rings. The summed E-state index contributed by atoms with van der Waals surface area (Å²) in [6, 6.07) is 27.0. The Morgan fingerprint density at radius 3 is 2.23 bits per heavy atom. The smallest absolute Gasteiger partial charge is 0.270 e. The summed E-state index contributed by atoms with van der Waals surface area (Å²) >= 11 is 0. The molecule has 0 N–H and O–H groups in total. The van der Waals surface area contributed by atoms with Crippen LogP contribution in [0, 0.1) is 6.92 Å². The van der Waals surface area contributed by atoms with Crippen LogP contribution in [0.2, 0.25) is 0 Å². The van der Waals surface area contributed by atoms with Gasteiger partial charge in [-0.15, -0.1) is 0 Å². The Bertz CT molecular complexity index is 1860. The molecule has 0 atom stereocenters. The largest absolute Gasteiger partial charge is 0.491 e. The lowest BCUT2D eigenvalue weighted by atomic mass is 10.1. The highest BCUT2D eigenvalue weighted by Gasteiger charge is 2.25.